The molecule has 1 fully saturated rings. The minimum atomic E-state index is -4.50. The molecular formula is C23H26F3NO5. The third kappa shape index (κ3) is 4.93. The minimum Gasteiger partial charge on any atom is -0.493 e. The van der Waals surface area contributed by atoms with Gasteiger partial charge in [-0.3, -0.25) is 9.69 Å². The van der Waals surface area contributed by atoms with Gasteiger partial charge in [0.1, 0.15) is 0 Å². The zero-order valence-electron chi connectivity index (χ0n) is 18.1. The number of halogens is 3. The van der Waals surface area contributed by atoms with E-state index in [1.54, 1.807) is 18.2 Å². The van der Waals surface area contributed by atoms with Crippen molar-refractivity contribution in [2.24, 2.45) is 5.92 Å². The summed E-state index contributed by atoms with van der Waals surface area (Å²) in [4.78, 5) is 13.5. The molecule has 1 saturated heterocycles. The summed E-state index contributed by atoms with van der Waals surface area (Å²) in [6, 6.07) is 7.86. The van der Waals surface area contributed by atoms with Crippen molar-refractivity contribution in [2.45, 2.75) is 25.1 Å². The van der Waals surface area contributed by atoms with E-state index in [-0.39, 0.29) is 6.54 Å². The predicted octanol–water partition coefficient (Wildman–Crippen LogP) is 4.62. The van der Waals surface area contributed by atoms with E-state index in [9.17, 15) is 23.1 Å². The van der Waals surface area contributed by atoms with Gasteiger partial charge in [-0.2, -0.15) is 13.2 Å². The molecular weight excluding hydrogens is 427 g/mol. The fourth-order valence-corrected chi connectivity index (χ4v) is 4.20. The Morgan fingerprint density at radius 3 is 2.25 bits per heavy atom. The molecule has 174 valence electrons. The molecule has 2 unspecified atom stereocenters. The van der Waals surface area contributed by atoms with Crippen molar-refractivity contribution in [3.05, 3.63) is 53.1 Å². The van der Waals surface area contributed by atoms with E-state index in [1.807, 2.05) is 4.90 Å². The maximum atomic E-state index is 13.4. The van der Waals surface area contributed by atoms with Gasteiger partial charge in [0.25, 0.3) is 0 Å². The fraction of sp³-hybridized carbons (Fsp3) is 0.435. The summed E-state index contributed by atoms with van der Waals surface area (Å²) < 4.78 is 56.5. The lowest BCUT2D eigenvalue weighted by atomic mass is 9.90. The van der Waals surface area contributed by atoms with E-state index >= 15 is 0 Å². The molecule has 2 aromatic rings. The molecule has 0 aliphatic carbocycles. The number of methoxy groups -OCH3 is 3. The standard InChI is InChI=1S/C23H26F3NO5/c1-30-18-11-16(12-19(31-2)21(18)32-3)20(27-9-5-7-15(13-27)22(28)29)14-6-4-8-17(10-14)23(24,25)26/h4,6,8,10-12,15,20H,5,7,9,13H2,1-3H3,(H,28,29). The molecule has 0 spiro atoms. The number of rotatable bonds is 7. The van der Waals surface area contributed by atoms with Crippen molar-refractivity contribution >= 4 is 5.97 Å². The van der Waals surface area contributed by atoms with Crippen LogP contribution in [0, 0.1) is 5.92 Å². The second-order valence-electron chi connectivity index (χ2n) is 7.66. The molecule has 2 aromatic carbocycles. The molecule has 6 nitrogen and oxygen atoms in total. The second-order valence-corrected chi connectivity index (χ2v) is 7.66. The van der Waals surface area contributed by atoms with Crippen LogP contribution in [0.4, 0.5) is 13.2 Å². The topological polar surface area (TPSA) is 68.2 Å². The SMILES string of the molecule is COc1cc(C(c2cccc(C(F)(F)F)c2)N2CCCC(C(=O)O)C2)cc(OC)c1OC. The van der Waals surface area contributed by atoms with E-state index in [0.717, 1.165) is 12.1 Å². The van der Waals surface area contributed by atoms with Crippen molar-refractivity contribution in [1.29, 1.82) is 0 Å². The van der Waals surface area contributed by atoms with E-state index in [0.29, 0.717) is 47.8 Å². The molecule has 0 aromatic heterocycles. The quantitative estimate of drug-likeness (QED) is 0.660. The predicted molar refractivity (Wildman–Crippen MR) is 111 cm³/mol. The zero-order chi connectivity index (χ0) is 23.5. The van der Waals surface area contributed by atoms with E-state index in [2.05, 4.69) is 0 Å². The first kappa shape index (κ1) is 23.7. The van der Waals surface area contributed by atoms with Crippen LogP contribution in [-0.2, 0) is 11.0 Å². The average Bonchev–Trinajstić information content (AvgIpc) is 2.78. The Kier molecular flexibility index (Phi) is 7.18. The van der Waals surface area contributed by atoms with E-state index in [1.165, 1.54) is 27.4 Å². The molecule has 9 heteroatoms. The normalized spacial score (nSPS) is 18.1. The first-order valence-corrected chi connectivity index (χ1v) is 10.1. The highest BCUT2D eigenvalue weighted by Crippen LogP contribution is 2.43. The highest BCUT2D eigenvalue weighted by molar-refractivity contribution is 5.70. The van der Waals surface area contributed by atoms with Crippen molar-refractivity contribution in [3.8, 4) is 17.2 Å². The largest absolute Gasteiger partial charge is 0.493 e. The summed E-state index contributed by atoms with van der Waals surface area (Å²) >= 11 is 0. The number of aliphatic carboxylic acids is 1. The van der Waals surface area contributed by atoms with Crippen LogP contribution in [0.3, 0.4) is 0 Å². The van der Waals surface area contributed by atoms with Gasteiger partial charge in [-0.1, -0.05) is 12.1 Å². The van der Waals surface area contributed by atoms with Crippen LogP contribution >= 0.6 is 0 Å². The lowest BCUT2D eigenvalue weighted by Gasteiger charge is -2.38. The summed E-state index contributed by atoms with van der Waals surface area (Å²) in [5.41, 5.74) is 0.254. The van der Waals surface area contributed by atoms with Crippen molar-refractivity contribution < 1.29 is 37.3 Å². The van der Waals surface area contributed by atoms with Crippen LogP contribution in [0.25, 0.3) is 0 Å². The highest BCUT2D eigenvalue weighted by Gasteiger charge is 2.35. The number of piperidine rings is 1. The Balaban J connectivity index is 2.17. The second kappa shape index (κ2) is 9.68. The van der Waals surface area contributed by atoms with Crippen molar-refractivity contribution in [3.63, 3.8) is 0 Å². The van der Waals surface area contributed by atoms with Crippen LogP contribution < -0.4 is 14.2 Å². The van der Waals surface area contributed by atoms with Crippen molar-refractivity contribution in [1.82, 2.24) is 4.90 Å². The summed E-state index contributed by atoms with van der Waals surface area (Å²) in [7, 11) is 4.38. The molecule has 32 heavy (non-hydrogen) atoms. The first-order chi connectivity index (χ1) is 15.2. The maximum Gasteiger partial charge on any atom is 0.416 e. The highest BCUT2D eigenvalue weighted by atomic mass is 19.4. The molecule has 0 amide bonds. The Labute approximate surface area is 184 Å². The third-order valence-corrected chi connectivity index (χ3v) is 5.70. The summed E-state index contributed by atoms with van der Waals surface area (Å²) in [6.45, 7) is 0.758. The zero-order valence-corrected chi connectivity index (χ0v) is 18.1. The van der Waals surface area contributed by atoms with Crippen LogP contribution in [0.1, 0.15) is 35.6 Å². The molecule has 3 rings (SSSR count). The summed E-state index contributed by atoms with van der Waals surface area (Å²) in [5.74, 6) is -0.415. The summed E-state index contributed by atoms with van der Waals surface area (Å²) in [6.07, 6.45) is -3.35. The van der Waals surface area contributed by atoms with E-state index in [4.69, 9.17) is 14.2 Å². The van der Waals surface area contributed by atoms with Gasteiger partial charge in [0.05, 0.1) is 38.9 Å². The molecule has 1 aliphatic rings. The van der Waals surface area contributed by atoms with Gasteiger partial charge in [-0.25, -0.2) is 0 Å². The van der Waals surface area contributed by atoms with E-state index < -0.39 is 29.7 Å². The number of ether oxygens (including phenoxy) is 3. The Bertz CT molecular complexity index is 938. The Hall–Kier alpha value is -2.94. The molecule has 0 bridgehead atoms. The molecule has 1 heterocycles. The number of carboxylic acids is 1. The summed E-state index contributed by atoms with van der Waals surface area (Å²) in [5, 5.41) is 9.53. The maximum absolute atomic E-state index is 13.4. The molecule has 1 N–H and O–H groups in total. The van der Waals surface area contributed by atoms with Crippen LogP contribution in [-0.4, -0.2) is 50.4 Å². The van der Waals surface area contributed by atoms with Crippen LogP contribution in [0.5, 0.6) is 17.2 Å². The number of benzene rings is 2. The van der Waals surface area contributed by atoms with Gasteiger partial charge in [0, 0.05) is 6.54 Å². The number of carbonyl (C=O) groups is 1. The number of carboxylic acid groups (broad SMARTS) is 1. The number of alkyl halides is 3. The van der Waals surface area contributed by atoms with Crippen molar-refractivity contribution in [2.75, 3.05) is 34.4 Å². The van der Waals surface area contributed by atoms with Gasteiger partial charge < -0.3 is 19.3 Å². The first-order valence-electron chi connectivity index (χ1n) is 10.1. The van der Waals surface area contributed by atoms with Gasteiger partial charge in [0.2, 0.25) is 5.75 Å². The Morgan fingerprint density at radius 2 is 1.72 bits per heavy atom. The van der Waals surface area contributed by atoms with Gasteiger partial charge in [0.15, 0.2) is 11.5 Å². The minimum absolute atomic E-state index is 0.215. The number of hydrogen-bond donors (Lipinski definition) is 1. The number of hydrogen-bond acceptors (Lipinski definition) is 5. The molecule has 0 saturated carbocycles. The van der Waals surface area contributed by atoms with Gasteiger partial charge >= 0.3 is 12.1 Å². The van der Waals surface area contributed by atoms with Gasteiger partial charge in [-0.15, -0.1) is 0 Å². The third-order valence-electron chi connectivity index (χ3n) is 5.70. The molecule has 1 aliphatic heterocycles. The van der Waals surface area contributed by atoms with Crippen LogP contribution in [0.2, 0.25) is 0 Å². The Morgan fingerprint density at radius 1 is 1.06 bits per heavy atom. The average molecular weight is 453 g/mol. The lowest BCUT2D eigenvalue weighted by molar-refractivity contribution is -0.143. The van der Waals surface area contributed by atoms with Crippen LogP contribution in [0.15, 0.2) is 36.4 Å². The number of nitrogens with zero attached hydrogens (tertiary/aromatic N) is 1. The molecule has 2 atom stereocenters. The lowest BCUT2D eigenvalue weighted by Crippen LogP contribution is -2.41. The fourth-order valence-electron chi connectivity index (χ4n) is 4.20. The van der Waals surface area contributed by atoms with Gasteiger partial charge in [-0.05, 0) is 54.8 Å². The number of likely N-dealkylation sites (tertiary alicyclic amines) is 1. The molecule has 0 radical (unpaired) electrons. The monoisotopic (exact) mass is 453 g/mol. The smallest absolute Gasteiger partial charge is 0.416 e.